The largest absolute Gasteiger partial charge is 0.325 e. The van der Waals surface area contributed by atoms with Crippen LogP contribution in [0.25, 0.3) is 16.6 Å². The van der Waals surface area contributed by atoms with Crippen molar-refractivity contribution < 1.29 is 0 Å². The van der Waals surface area contributed by atoms with Gasteiger partial charge < -0.3 is 5.32 Å². The second-order valence-electron chi connectivity index (χ2n) is 5.21. The number of para-hydroxylation sites is 1. The molecule has 0 saturated carbocycles. The predicted octanol–water partition coefficient (Wildman–Crippen LogP) is 4.24. The minimum atomic E-state index is 0.697. The van der Waals surface area contributed by atoms with Gasteiger partial charge in [-0.3, -0.25) is 0 Å². The molecule has 0 bridgehead atoms. The molecule has 23 heavy (non-hydrogen) atoms. The number of hydrogen-bond donors (Lipinski definition) is 1. The summed E-state index contributed by atoms with van der Waals surface area (Å²) in [6, 6.07) is 15.5. The van der Waals surface area contributed by atoms with E-state index < -0.39 is 0 Å². The average molecular weight is 324 g/mol. The highest BCUT2D eigenvalue weighted by Crippen LogP contribution is 2.24. The van der Waals surface area contributed by atoms with Crippen LogP contribution in [0.5, 0.6) is 0 Å². The van der Waals surface area contributed by atoms with Crippen LogP contribution >= 0.6 is 11.6 Å². The Morgan fingerprint density at radius 1 is 1.04 bits per heavy atom. The third-order valence-electron chi connectivity index (χ3n) is 3.73. The first kappa shape index (κ1) is 14.0. The Hall–Kier alpha value is -2.66. The monoisotopic (exact) mass is 323 g/mol. The molecule has 0 aliphatic rings. The van der Waals surface area contributed by atoms with Crippen LogP contribution in [-0.2, 0) is 6.42 Å². The van der Waals surface area contributed by atoms with Crippen molar-refractivity contribution >= 4 is 39.8 Å². The van der Waals surface area contributed by atoms with E-state index in [9.17, 15) is 0 Å². The Morgan fingerprint density at radius 3 is 2.61 bits per heavy atom. The molecule has 114 valence electrons. The Morgan fingerprint density at radius 2 is 1.83 bits per heavy atom. The summed E-state index contributed by atoms with van der Waals surface area (Å²) in [7, 11) is 0. The van der Waals surface area contributed by atoms with Gasteiger partial charge in [0, 0.05) is 22.5 Å². The van der Waals surface area contributed by atoms with Crippen LogP contribution in [0.15, 0.2) is 48.5 Å². The lowest BCUT2D eigenvalue weighted by atomic mass is 10.2. The fraction of sp³-hybridized carbons (Fsp3) is 0.118. The molecule has 0 amide bonds. The number of halogens is 1. The molecule has 6 heteroatoms. The minimum absolute atomic E-state index is 0.697. The zero-order valence-corrected chi connectivity index (χ0v) is 13.2. The SMILES string of the molecule is CCc1nnc2c3ccccc3nc(Nc3ccc(Cl)cc3)n12. The molecule has 0 radical (unpaired) electrons. The molecule has 1 N–H and O–H groups in total. The summed E-state index contributed by atoms with van der Waals surface area (Å²) in [5.41, 5.74) is 2.60. The van der Waals surface area contributed by atoms with E-state index in [1.807, 2.05) is 52.9 Å². The summed E-state index contributed by atoms with van der Waals surface area (Å²) in [6.45, 7) is 2.05. The summed E-state index contributed by atoms with van der Waals surface area (Å²) in [5.74, 6) is 1.57. The van der Waals surface area contributed by atoms with Crippen molar-refractivity contribution in [3.8, 4) is 0 Å². The summed E-state index contributed by atoms with van der Waals surface area (Å²) in [4.78, 5) is 4.74. The van der Waals surface area contributed by atoms with Crippen LogP contribution in [0.2, 0.25) is 5.02 Å². The van der Waals surface area contributed by atoms with Crippen molar-refractivity contribution in [3.63, 3.8) is 0 Å². The highest BCUT2D eigenvalue weighted by molar-refractivity contribution is 6.30. The highest BCUT2D eigenvalue weighted by atomic mass is 35.5. The minimum Gasteiger partial charge on any atom is -0.325 e. The van der Waals surface area contributed by atoms with E-state index in [1.165, 1.54) is 0 Å². The zero-order valence-electron chi connectivity index (χ0n) is 12.5. The van der Waals surface area contributed by atoms with Crippen molar-refractivity contribution in [2.24, 2.45) is 0 Å². The molecule has 4 rings (SSSR count). The molecule has 4 aromatic rings. The van der Waals surface area contributed by atoms with Gasteiger partial charge in [-0.05, 0) is 36.4 Å². The van der Waals surface area contributed by atoms with E-state index in [0.717, 1.165) is 34.5 Å². The Labute approximate surface area is 137 Å². The third-order valence-corrected chi connectivity index (χ3v) is 3.98. The van der Waals surface area contributed by atoms with Crippen molar-refractivity contribution in [3.05, 3.63) is 59.4 Å². The van der Waals surface area contributed by atoms with Crippen LogP contribution in [-0.4, -0.2) is 19.6 Å². The summed E-state index contributed by atoms with van der Waals surface area (Å²) >= 11 is 5.95. The predicted molar refractivity (Wildman–Crippen MR) is 92.4 cm³/mol. The molecule has 0 spiro atoms. The second kappa shape index (κ2) is 5.52. The van der Waals surface area contributed by atoms with Gasteiger partial charge in [0.15, 0.2) is 5.65 Å². The topological polar surface area (TPSA) is 55.1 Å². The molecule has 0 atom stereocenters. The standard InChI is InChI=1S/C17H14ClN5/c1-2-15-21-22-16-13-5-3-4-6-14(13)20-17(23(15)16)19-12-9-7-11(18)8-10-12/h3-10H,2H2,1H3,(H,19,20). The molecule has 5 nitrogen and oxygen atoms in total. The molecule has 2 aromatic heterocycles. The van der Waals surface area contributed by atoms with Crippen LogP contribution in [0, 0.1) is 0 Å². The second-order valence-corrected chi connectivity index (χ2v) is 5.65. The van der Waals surface area contributed by atoms with Crippen LogP contribution < -0.4 is 5.32 Å². The van der Waals surface area contributed by atoms with Gasteiger partial charge in [0.1, 0.15) is 5.82 Å². The third kappa shape index (κ3) is 2.39. The van der Waals surface area contributed by atoms with Gasteiger partial charge in [-0.15, -0.1) is 10.2 Å². The summed E-state index contributed by atoms with van der Waals surface area (Å²) < 4.78 is 1.97. The van der Waals surface area contributed by atoms with E-state index >= 15 is 0 Å². The number of rotatable bonds is 3. The van der Waals surface area contributed by atoms with E-state index in [1.54, 1.807) is 0 Å². The maximum Gasteiger partial charge on any atom is 0.215 e. The van der Waals surface area contributed by atoms with Crippen LogP contribution in [0.4, 0.5) is 11.6 Å². The Kier molecular flexibility index (Phi) is 3.35. The number of aryl methyl sites for hydroxylation is 1. The highest BCUT2D eigenvalue weighted by Gasteiger charge is 2.13. The maximum absolute atomic E-state index is 5.95. The molecular formula is C17H14ClN5. The van der Waals surface area contributed by atoms with E-state index in [4.69, 9.17) is 16.6 Å². The number of benzene rings is 2. The van der Waals surface area contributed by atoms with Gasteiger partial charge in [-0.25, -0.2) is 9.38 Å². The molecule has 2 aromatic carbocycles. The summed E-state index contributed by atoms with van der Waals surface area (Å²) in [5, 5.41) is 13.7. The fourth-order valence-electron chi connectivity index (χ4n) is 2.61. The number of aromatic nitrogens is 4. The molecule has 2 heterocycles. The van der Waals surface area contributed by atoms with Gasteiger partial charge in [-0.2, -0.15) is 0 Å². The number of anilines is 2. The van der Waals surface area contributed by atoms with Gasteiger partial charge in [0.25, 0.3) is 0 Å². The lowest BCUT2D eigenvalue weighted by molar-refractivity contribution is 0.904. The average Bonchev–Trinajstić information content (AvgIpc) is 3.02. The number of fused-ring (bicyclic) bond motifs is 3. The molecule has 0 unspecified atom stereocenters. The Balaban J connectivity index is 1.95. The smallest absolute Gasteiger partial charge is 0.215 e. The molecule has 0 aliphatic heterocycles. The van der Waals surface area contributed by atoms with E-state index in [0.29, 0.717) is 11.0 Å². The van der Waals surface area contributed by atoms with Crippen LogP contribution in [0.1, 0.15) is 12.7 Å². The lowest BCUT2D eigenvalue weighted by Crippen LogP contribution is -2.05. The zero-order chi connectivity index (χ0) is 15.8. The normalized spacial score (nSPS) is 11.2. The maximum atomic E-state index is 5.95. The number of nitrogens with zero attached hydrogens (tertiary/aromatic N) is 4. The van der Waals surface area contributed by atoms with Crippen molar-refractivity contribution in [2.75, 3.05) is 5.32 Å². The summed E-state index contributed by atoms with van der Waals surface area (Å²) in [6.07, 6.45) is 0.774. The van der Waals surface area contributed by atoms with Crippen molar-refractivity contribution in [2.45, 2.75) is 13.3 Å². The quantitative estimate of drug-likeness (QED) is 0.613. The molecule has 0 saturated heterocycles. The lowest BCUT2D eigenvalue weighted by Gasteiger charge is -2.11. The van der Waals surface area contributed by atoms with Crippen molar-refractivity contribution in [1.82, 2.24) is 19.6 Å². The molecular weight excluding hydrogens is 310 g/mol. The van der Waals surface area contributed by atoms with Gasteiger partial charge in [0.05, 0.1) is 5.52 Å². The van der Waals surface area contributed by atoms with Gasteiger partial charge >= 0.3 is 0 Å². The number of hydrogen-bond acceptors (Lipinski definition) is 4. The first-order valence-electron chi connectivity index (χ1n) is 7.41. The first-order valence-corrected chi connectivity index (χ1v) is 7.79. The molecule has 0 fully saturated rings. The van der Waals surface area contributed by atoms with Gasteiger partial charge in [-0.1, -0.05) is 30.7 Å². The first-order chi connectivity index (χ1) is 11.3. The van der Waals surface area contributed by atoms with E-state index in [-0.39, 0.29) is 0 Å². The van der Waals surface area contributed by atoms with Crippen molar-refractivity contribution in [1.29, 1.82) is 0 Å². The van der Waals surface area contributed by atoms with Crippen LogP contribution in [0.3, 0.4) is 0 Å². The fourth-order valence-corrected chi connectivity index (χ4v) is 2.74. The van der Waals surface area contributed by atoms with Gasteiger partial charge in [0.2, 0.25) is 5.95 Å². The molecule has 0 aliphatic carbocycles. The number of nitrogens with one attached hydrogen (secondary N) is 1. The Bertz CT molecular complexity index is 991. The van der Waals surface area contributed by atoms with E-state index in [2.05, 4.69) is 22.4 Å².